The largest absolute Gasteiger partial charge is 0.296 e. The first-order valence-electron chi connectivity index (χ1n) is 8.23. The number of nitrogens with zero attached hydrogens (tertiary/aromatic N) is 4. The molecule has 140 valence electrons. The Kier molecular flexibility index (Phi) is 4.66. The molecule has 0 saturated carbocycles. The van der Waals surface area contributed by atoms with Gasteiger partial charge in [-0.05, 0) is 37.3 Å². The average Bonchev–Trinajstić information content (AvgIpc) is 3.31. The SMILES string of the molecule is Cc1nn(-c2ccccc2)nc1C(=O)Nc1nc(-c2ccc(F)c(F)c2)cs1. The summed E-state index contributed by atoms with van der Waals surface area (Å²) in [6.45, 7) is 1.69. The molecule has 2 aromatic carbocycles. The number of carbonyl (C=O) groups is 1. The van der Waals surface area contributed by atoms with Gasteiger partial charge in [-0.2, -0.15) is 9.90 Å². The van der Waals surface area contributed by atoms with E-state index >= 15 is 0 Å². The number of hydrogen-bond donors (Lipinski definition) is 1. The van der Waals surface area contributed by atoms with Crippen LogP contribution < -0.4 is 5.32 Å². The summed E-state index contributed by atoms with van der Waals surface area (Å²) < 4.78 is 26.5. The van der Waals surface area contributed by atoms with Crippen molar-refractivity contribution in [3.8, 4) is 16.9 Å². The molecule has 0 bridgehead atoms. The summed E-state index contributed by atoms with van der Waals surface area (Å²) in [6, 6.07) is 12.8. The van der Waals surface area contributed by atoms with Crippen LogP contribution in [0, 0.1) is 18.6 Å². The van der Waals surface area contributed by atoms with Gasteiger partial charge in [0.2, 0.25) is 0 Å². The number of para-hydroxylation sites is 1. The van der Waals surface area contributed by atoms with E-state index in [4.69, 9.17) is 0 Å². The zero-order valence-corrected chi connectivity index (χ0v) is 15.4. The molecule has 0 spiro atoms. The number of aryl methyl sites for hydroxylation is 1. The fourth-order valence-corrected chi connectivity index (χ4v) is 3.26. The van der Waals surface area contributed by atoms with Gasteiger partial charge in [-0.3, -0.25) is 10.1 Å². The molecule has 0 saturated heterocycles. The van der Waals surface area contributed by atoms with Crippen molar-refractivity contribution in [2.75, 3.05) is 5.32 Å². The molecule has 4 rings (SSSR count). The lowest BCUT2D eigenvalue weighted by Gasteiger charge is -2.00. The van der Waals surface area contributed by atoms with E-state index in [1.807, 2.05) is 30.3 Å². The van der Waals surface area contributed by atoms with E-state index < -0.39 is 17.5 Å². The van der Waals surface area contributed by atoms with Gasteiger partial charge >= 0.3 is 0 Å². The van der Waals surface area contributed by atoms with Crippen molar-refractivity contribution < 1.29 is 13.6 Å². The lowest BCUT2D eigenvalue weighted by molar-refractivity contribution is 0.102. The first-order chi connectivity index (χ1) is 13.5. The van der Waals surface area contributed by atoms with Gasteiger partial charge in [-0.1, -0.05) is 18.2 Å². The molecule has 0 aliphatic carbocycles. The van der Waals surface area contributed by atoms with Crippen LogP contribution in [0.15, 0.2) is 53.9 Å². The zero-order valence-electron chi connectivity index (χ0n) is 14.6. The van der Waals surface area contributed by atoms with Gasteiger partial charge in [0, 0.05) is 10.9 Å². The number of rotatable bonds is 4. The summed E-state index contributed by atoms with van der Waals surface area (Å²) in [6.07, 6.45) is 0. The maximum atomic E-state index is 13.4. The molecular formula is C19H13F2N5OS. The molecular weight excluding hydrogens is 384 g/mol. The zero-order chi connectivity index (χ0) is 19.7. The van der Waals surface area contributed by atoms with E-state index in [0.717, 1.165) is 17.8 Å². The Hall–Kier alpha value is -3.46. The van der Waals surface area contributed by atoms with Crippen molar-refractivity contribution in [2.45, 2.75) is 6.92 Å². The van der Waals surface area contributed by atoms with Crippen molar-refractivity contribution in [3.63, 3.8) is 0 Å². The van der Waals surface area contributed by atoms with Crippen LogP contribution in [-0.4, -0.2) is 25.9 Å². The molecule has 0 atom stereocenters. The first-order valence-corrected chi connectivity index (χ1v) is 9.11. The number of thiazole rings is 1. The van der Waals surface area contributed by atoms with Crippen LogP contribution in [0.4, 0.5) is 13.9 Å². The second-order valence-electron chi connectivity index (χ2n) is 5.88. The summed E-state index contributed by atoms with van der Waals surface area (Å²) in [5, 5.41) is 13.1. The Balaban J connectivity index is 1.54. The number of nitrogens with one attached hydrogen (secondary N) is 1. The number of anilines is 1. The van der Waals surface area contributed by atoms with Gasteiger partial charge in [0.05, 0.1) is 17.1 Å². The first kappa shape index (κ1) is 17.9. The molecule has 0 fully saturated rings. The lowest BCUT2D eigenvalue weighted by atomic mass is 10.2. The number of halogens is 2. The normalized spacial score (nSPS) is 10.8. The Morgan fingerprint density at radius 2 is 1.86 bits per heavy atom. The second-order valence-corrected chi connectivity index (χ2v) is 6.74. The Morgan fingerprint density at radius 1 is 1.07 bits per heavy atom. The highest BCUT2D eigenvalue weighted by Gasteiger charge is 2.18. The number of amides is 1. The van der Waals surface area contributed by atoms with Crippen molar-refractivity contribution in [2.24, 2.45) is 0 Å². The van der Waals surface area contributed by atoms with Gasteiger partial charge in [0.15, 0.2) is 22.5 Å². The number of hydrogen-bond acceptors (Lipinski definition) is 5. The molecule has 6 nitrogen and oxygen atoms in total. The molecule has 9 heteroatoms. The van der Waals surface area contributed by atoms with Gasteiger partial charge in [0.1, 0.15) is 0 Å². The Bertz CT molecular complexity index is 1160. The fraction of sp³-hybridized carbons (Fsp3) is 0.0526. The highest BCUT2D eigenvalue weighted by atomic mass is 32.1. The number of carbonyl (C=O) groups excluding carboxylic acids is 1. The standard InChI is InChI=1S/C19H13F2N5OS/c1-11-17(25-26(24-11)13-5-3-2-4-6-13)18(27)23-19-22-16(10-28-19)12-7-8-14(20)15(21)9-12/h2-10H,1H3,(H,22,23,27). The third-order valence-corrected chi connectivity index (χ3v) is 4.68. The maximum absolute atomic E-state index is 13.4. The van der Waals surface area contributed by atoms with Crippen LogP contribution in [0.5, 0.6) is 0 Å². The molecule has 2 heterocycles. The van der Waals surface area contributed by atoms with Gasteiger partial charge < -0.3 is 0 Å². The summed E-state index contributed by atoms with van der Waals surface area (Å²) in [4.78, 5) is 18.2. The molecule has 28 heavy (non-hydrogen) atoms. The van der Waals surface area contributed by atoms with Crippen LogP contribution >= 0.6 is 11.3 Å². The molecule has 0 aliphatic rings. The predicted octanol–water partition coefficient (Wildman–Crippen LogP) is 4.23. The van der Waals surface area contributed by atoms with E-state index in [1.54, 1.807) is 12.3 Å². The smallest absolute Gasteiger partial charge is 0.279 e. The average molecular weight is 397 g/mol. The van der Waals surface area contributed by atoms with E-state index in [0.29, 0.717) is 22.1 Å². The molecule has 0 radical (unpaired) electrons. The minimum absolute atomic E-state index is 0.174. The van der Waals surface area contributed by atoms with Crippen molar-refractivity contribution in [3.05, 3.63) is 76.9 Å². The molecule has 2 aromatic heterocycles. The quantitative estimate of drug-likeness (QED) is 0.559. The van der Waals surface area contributed by atoms with E-state index in [2.05, 4.69) is 20.5 Å². The van der Waals surface area contributed by atoms with Gasteiger partial charge in [-0.25, -0.2) is 13.8 Å². The van der Waals surface area contributed by atoms with Crippen LogP contribution in [0.1, 0.15) is 16.2 Å². The third-order valence-electron chi connectivity index (χ3n) is 3.92. The van der Waals surface area contributed by atoms with Gasteiger partial charge in [-0.15, -0.1) is 16.4 Å². The number of aromatic nitrogens is 4. The Labute approximate surface area is 162 Å². The van der Waals surface area contributed by atoms with Crippen molar-refractivity contribution in [1.29, 1.82) is 0 Å². The summed E-state index contributed by atoms with van der Waals surface area (Å²) in [7, 11) is 0. The minimum atomic E-state index is -0.954. The van der Waals surface area contributed by atoms with E-state index in [1.165, 1.54) is 22.2 Å². The van der Waals surface area contributed by atoms with Crippen molar-refractivity contribution in [1.82, 2.24) is 20.0 Å². The van der Waals surface area contributed by atoms with E-state index in [-0.39, 0.29) is 5.69 Å². The fourth-order valence-electron chi connectivity index (χ4n) is 2.54. The Morgan fingerprint density at radius 3 is 2.61 bits per heavy atom. The predicted molar refractivity (Wildman–Crippen MR) is 102 cm³/mol. The second kappa shape index (κ2) is 7.28. The molecule has 4 aromatic rings. The van der Waals surface area contributed by atoms with E-state index in [9.17, 15) is 13.6 Å². The highest BCUT2D eigenvalue weighted by Crippen LogP contribution is 2.26. The summed E-state index contributed by atoms with van der Waals surface area (Å²) in [5.41, 5.74) is 2.23. The summed E-state index contributed by atoms with van der Waals surface area (Å²) >= 11 is 1.17. The molecule has 1 N–H and O–H groups in total. The van der Waals surface area contributed by atoms with Crippen LogP contribution in [0.2, 0.25) is 0 Å². The summed E-state index contributed by atoms with van der Waals surface area (Å²) in [5.74, 6) is -2.33. The van der Waals surface area contributed by atoms with Crippen molar-refractivity contribution >= 4 is 22.4 Å². The topological polar surface area (TPSA) is 72.7 Å². The van der Waals surface area contributed by atoms with Crippen LogP contribution in [0.3, 0.4) is 0 Å². The molecule has 0 aliphatic heterocycles. The van der Waals surface area contributed by atoms with Crippen LogP contribution in [-0.2, 0) is 0 Å². The monoisotopic (exact) mass is 397 g/mol. The highest BCUT2D eigenvalue weighted by molar-refractivity contribution is 7.14. The van der Waals surface area contributed by atoms with Crippen LogP contribution in [0.25, 0.3) is 16.9 Å². The molecule has 0 unspecified atom stereocenters. The third kappa shape index (κ3) is 3.52. The lowest BCUT2D eigenvalue weighted by Crippen LogP contribution is -2.14. The molecule has 1 amide bonds. The number of benzene rings is 2. The maximum Gasteiger partial charge on any atom is 0.279 e. The van der Waals surface area contributed by atoms with Gasteiger partial charge in [0.25, 0.3) is 5.91 Å². The minimum Gasteiger partial charge on any atom is -0.296 e.